The normalized spacial score (nSPS) is 10.9. The average Bonchev–Trinajstić information content (AvgIpc) is 2.84. The summed E-state index contributed by atoms with van der Waals surface area (Å²) in [6.45, 7) is 5.19. The Morgan fingerprint density at radius 2 is 1.91 bits per heavy atom. The van der Waals surface area contributed by atoms with Gasteiger partial charge in [0.05, 0.1) is 24.1 Å². The van der Waals surface area contributed by atoms with Crippen molar-refractivity contribution in [1.29, 1.82) is 0 Å². The van der Waals surface area contributed by atoms with Crippen LogP contribution in [-0.4, -0.2) is 32.7 Å². The molecule has 2 aromatic heterocycles. The van der Waals surface area contributed by atoms with Crippen molar-refractivity contribution in [2.75, 3.05) is 7.11 Å². The second kappa shape index (κ2) is 5.22. The highest BCUT2D eigenvalue weighted by Gasteiger charge is 2.20. The number of rotatable bonds is 3. The first-order valence-corrected chi connectivity index (χ1v) is 6.91. The molecule has 0 saturated carbocycles. The van der Waals surface area contributed by atoms with Crippen LogP contribution < -0.4 is 4.74 Å². The van der Waals surface area contributed by atoms with E-state index in [1.165, 1.54) is 6.92 Å². The fourth-order valence-electron chi connectivity index (χ4n) is 2.60. The van der Waals surface area contributed by atoms with Crippen molar-refractivity contribution < 1.29 is 9.53 Å². The summed E-state index contributed by atoms with van der Waals surface area (Å²) in [6.07, 6.45) is 0. The maximum atomic E-state index is 11.6. The van der Waals surface area contributed by atoms with Gasteiger partial charge in [0.15, 0.2) is 11.4 Å². The molecule has 0 atom stereocenters. The minimum Gasteiger partial charge on any atom is -0.496 e. The van der Waals surface area contributed by atoms with Crippen molar-refractivity contribution in [3.63, 3.8) is 0 Å². The van der Waals surface area contributed by atoms with Crippen molar-refractivity contribution in [2.24, 2.45) is 0 Å². The van der Waals surface area contributed by atoms with E-state index in [9.17, 15) is 4.79 Å². The van der Waals surface area contributed by atoms with Gasteiger partial charge in [0, 0.05) is 12.5 Å². The summed E-state index contributed by atoms with van der Waals surface area (Å²) in [4.78, 5) is 11.6. The second-order valence-corrected chi connectivity index (χ2v) is 5.09. The molecule has 0 spiro atoms. The Kier molecular flexibility index (Phi) is 3.36. The summed E-state index contributed by atoms with van der Waals surface area (Å²) in [5.74, 6) is 0.620. The highest BCUT2D eigenvalue weighted by Crippen LogP contribution is 2.34. The highest BCUT2D eigenvalue weighted by molar-refractivity contribution is 5.93. The molecule has 0 aliphatic heterocycles. The molecule has 0 fully saturated rings. The van der Waals surface area contributed by atoms with Gasteiger partial charge in [-0.15, -0.1) is 10.2 Å². The number of benzene rings is 1. The van der Waals surface area contributed by atoms with Gasteiger partial charge >= 0.3 is 0 Å². The number of aryl methyl sites for hydroxylation is 2. The number of carbonyl (C=O) groups is 1. The number of carbonyl (C=O) groups excluding carboxylic acids is 1. The summed E-state index contributed by atoms with van der Waals surface area (Å²) in [5.41, 5.74) is 4.21. The minimum atomic E-state index is -0.126. The number of para-hydroxylation sites is 1. The number of hydrogen-bond donors (Lipinski definition) is 0. The zero-order valence-corrected chi connectivity index (χ0v) is 12.9. The number of aromatic nitrogens is 4. The van der Waals surface area contributed by atoms with Gasteiger partial charge in [-0.25, -0.2) is 4.52 Å². The van der Waals surface area contributed by atoms with Gasteiger partial charge in [-0.1, -0.05) is 18.2 Å². The molecular formula is C16H16N4O2. The summed E-state index contributed by atoms with van der Waals surface area (Å²) < 4.78 is 7.09. The largest absolute Gasteiger partial charge is 0.496 e. The maximum Gasteiger partial charge on any atom is 0.185 e. The first-order chi connectivity index (χ1) is 10.5. The molecule has 112 valence electrons. The summed E-state index contributed by atoms with van der Waals surface area (Å²) in [7, 11) is 1.63. The van der Waals surface area contributed by atoms with Crippen molar-refractivity contribution in [3.05, 3.63) is 41.3 Å². The van der Waals surface area contributed by atoms with Crippen LogP contribution in [-0.2, 0) is 0 Å². The lowest BCUT2D eigenvalue weighted by atomic mass is 10.1. The molecule has 2 heterocycles. The molecule has 0 amide bonds. The number of hydrogen-bond acceptors (Lipinski definition) is 5. The predicted molar refractivity (Wildman–Crippen MR) is 82.2 cm³/mol. The van der Waals surface area contributed by atoms with Crippen LogP contribution in [0.25, 0.3) is 16.8 Å². The van der Waals surface area contributed by atoms with Gasteiger partial charge in [-0.05, 0) is 19.9 Å². The van der Waals surface area contributed by atoms with Crippen LogP contribution in [0.3, 0.4) is 0 Å². The lowest BCUT2D eigenvalue weighted by Gasteiger charge is -2.07. The second-order valence-electron chi connectivity index (χ2n) is 5.09. The van der Waals surface area contributed by atoms with Crippen LogP contribution in [0.5, 0.6) is 5.75 Å². The van der Waals surface area contributed by atoms with E-state index in [2.05, 4.69) is 15.3 Å². The van der Waals surface area contributed by atoms with Crippen LogP contribution in [0, 0.1) is 13.8 Å². The van der Waals surface area contributed by atoms with Gasteiger partial charge in [0.2, 0.25) is 0 Å². The van der Waals surface area contributed by atoms with Crippen LogP contribution in [0.1, 0.15) is 28.8 Å². The molecule has 3 rings (SSSR count). The third-order valence-corrected chi connectivity index (χ3v) is 3.65. The maximum absolute atomic E-state index is 11.6. The third-order valence-electron chi connectivity index (χ3n) is 3.65. The quantitative estimate of drug-likeness (QED) is 0.695. The summed E-state index contributed by atoms with van der Waals surface area (Å²) in [6, 6.07) is 7.69. The van der Waals surface area contributed by atoms with E-state index in [1.807, 2.05) is 38.1 Å². The van der Waals surface area contributed by atoms with Gasteiger partial charge < -0.3 is 4.74 Å². The molecule has 0 N–H and O–H groups in total. The SMILES string of the molecule is COc1ccccc1-c1c(C)nn2c(C)c(C(C)=O)nnc12. The van der Waals surface area contributed by atoms with Crippen molar-refractivity contribution in [3.8, 4) is 16.9 Å². The Morgan fingerprint density at radius 1 is 1.18 bits per heavy atom. The molecule has 0 bridgehead atoms. The third kappa shape index (κ3) is 2.04. The molecule has 1 aromatic carbocycles. The average molecular weight is 296 g/mol. The number of ether oxygens (including phenoxy) is 1. The molecular weight excluding hydrogens is 280 g/mol. The van der Waals surface area contributed by atoms with Crippen LogP contribution in [0.2, 0.25) is 0 Å². The Labute approximate surface area is 127 Å². The van der Waals surface area contributed by atoms with Crippen LogP contribution in [0.4, 0.5) is 0 Å². The number of ketones is 1. The molecule has 6 heteroatoms. The van der Waals surface area contributed by atoms with E-state index in [0.717, 1.165) is 22.6 Å². The molecule has 3 aromatic rings. The Bertz CT molecular complexity index is 883. The van der Waals surface area contributed by atoms with E-state index in [1.54, 1.807) is 11.6 Å². The monoisotopic (exact) mass is 296 g/mol. The number of Topliss-reactive ketones (excluding diaryl/α,β-unsaturated/α-hetero) is 1. The zero-order valence-electron chi connectivity index (χ0n) is 12.9. The Morgan fingerprint density at radius 3 is 2.59 bits per heavy atom. The summed E-state index contributed by atoms with van der Waals surface area (Å²) in [5, 5.41) is 12.8. The number of nitrogens with zero attached hydrogens (tertiary/aromatic N) is 4. The molecule has 22 heavy (non-hydrogen) atoms. The topological polar surface area (TPSA) is 69.4 Å². The van der Waals surface area contributed by atoms with Crippen molar-refractivity contribution in [1.82, 2.24) is 19.8 Å². The van der Waals surface area contributed by atoms with E-state index >= 15 is 0 Å². The smallest absolute Gasteiger partial charge is 0.185 e. The van der Waals surface area contributed by atoms with E-state index in [4.69, 9.17) is 4.74 Å². The molecule has 0 unspecified atom stereocenters. The fourth-order valence-corrected chi connectivity index (χ4v) is 2.60. The summed E-state index contributed by atoms with van der Waals surface area (Å²) >= 11 is 0. The molecule has 6 nitrogen and oxygen atoms in total. The van der Waals surface area contributed by atoms with E-state index < -0.39 is 0 Å². The van der Waals surface area contributed by atoms with Crippen LogP contribution >= 0.6 is 0 Å². The standard InChI is InChI=1S/C16H16N4O2/c1-9-14(12-7-5-6-8-13(12)22-4)16-18-17-15(11(3)21)10(2)20(16)19-9/h5-8H,1-4H3. The van der Waals surface area contributed by atoms with Gasteiger partial charge in [0.25, 0.3) is 0 Å². The first-order valence-electron chi connectivity index (χ1n) is 6.91. The fraction of sp³-hybridized carbons (Fsp3) is 0.250. The van der Waals surface area contributed by atoms with Gasteiger partial charge in [0.1, 0.15) is 11.4 Å². The molecule has 0 radical (unpaired) electrons. The zero-order chi connectivity index (χ0) is 15.9. The molecule has 0 aliphatic carbocycles. The molecule has 0 saturated heterocycles. The van der Waals surface area contributed by atoms with Crippen molar-refractivity contribution >= 4 is 11.4 Å². The van der Waals surface area contributed by atoms with Gasteiger partial charge in [-0.3, -0.25) is 4.79 Å². The number of fused-ring (bicyclic) bond motifs is 1. The lowest BCUT2D eigenvalue weighted by molar-refractivity contribution is 0.101. The lowest BCUT2D eigenvalue weighted by Crippen LogP contribution is -2.09. The molecule has 0 aliphatic rings. The van der Waals surface area contributed by atoms with E-state index in [-0.39, 0.29) is 5.78 Å². The Balaban J connectivity index is 2.34. The number of methoxy groups -OCH3 is 1. The Hall–Kier alpha value is -2.76. The van der Waals surface area contributed by atoms with Gasteiger partial charge in [-0.2, -0.15) is 5.10 Å². The van der Waals surface area contributed by atoms with Crippen molar-refractivity contribution in [2.45, 2.75) is 20.8 Å². The highest BCUT2D eigenvalue weighted by atomic mass is 16.5. The van der Waals surface area contributed by atoms with Crippen LogP contribution in [0.15, 0.2) is 24.3 Å². The predicted octanol–water partition coefficient (Wildman–Crippen LogP) is 2.62. The van der Waals surface area contributed by atoms with E-state index in [0.29, 0.717) is 17.0 Å². The first kappa shape index (κ1) is 14.2. The minimum absolute atomic E-state index is 0.126.